The van der Waals surface area contributed by atoms with Crippen molar-refractivity contribution in [3.05, 3.63) is 256 Å². The van der Waals surface area contributed by atoms with Gasteiger partial charge in [-0.3, -0.25) is 4.99 Å². The van der Waals surface area contributed by atoms with Gasteiger partial charge in [-0.15, -0.1) is 0 Å². The fraction of sp³-hybridized carbons (Fsp3) is 0.0714. The lowest BCUT2D eigenvalue weighted by molar-refractivity contribution is 0.689. The van der Waals surface area contributed by atoms with Crippen LogP contribution in [0.4, 0.5) is 17.1 Å². The number of nitrogens with zero attached hydrogens (tertiary/aromatic N) is 3. The van der Waals surface area contributed by atoms with Gasteiger partial charge in [0.05, 0.1) is 23.3 Å². The van der Waals surface area contributed by atoms with Gasteiger partial charge in [-0.2, -0.15) is 0 Å². The van der Waals surface area contributed by atoms with Crippen LogP contribution in [0, 0.1) is 0 Å². The third kappa shape index (κ3) is 5.67. The number of nitrogens with two attached hydrogens (primary N) is 1. The molecular formula is C56H42N4. The molecule has 0 aromatic heterocycles. The smallest absolute Gasteiger partial charge is 0.157 e. The first kappa shape index (κ1) is 35.6. The van der Waals surface area contributed by atoms with Gasteiger partial charge >= 0.3 is 0 Å². The van der Waals surface area contributed by atoms with Crippen molar-refractivity contribution < 1.29 is 0 Å². The molecule has 1 heterocycles. The van der Waals surface area contributed by atoms with Crippen LogP contribution in [0.3, 0.4) is 0 Å². The van der Waals surface area contributed by atoms with Crippen molar-refractivity contribution in [1.82, 2.24) is 0 Å². The Morgan fingerprint density at radius 2 is 1.17 bits per heavy atom. The first-order valence-corrected chi connectivity index (χ1v) is 20.8. The Morgan fingerprint density at radius 3 is 1.92 bits per heavy atom. The fourth-order valence-corrected chi connectivity index (χ4v) is 10.0. The number of rotatable bonds is 6. The molecule has 2 aliphatic carbocycles. The van der Waals surface area contributed by atoms with E-state index in [9.17, 15) is 0 Å². The van der Waals surface area contributed by atoms with Crippen LogP contribution in [0.15, 0.2) is 222 Å². The molecule has 4 heteroatoms. The van der Waals surface area contributed by atoms with Crippen LogP contribution in [0.5, 0.6) is 0 Å². The highest BCUT2D eigenvalue weighted by atomic mass is 15.2. The fourth-order valence-electron chi connectivity index (χ4n) is 10.0. The van der Waals surface area contributed by atoms with Crippen molar-refractivity contribution in [1.29, 1.82) is 0 Å². The van der Waals surface area contributed by atoms with Crippen LogP contribution in [0.1, 0.15) is 57.3 Å². The minimum atomic E-state index is -0.566. The first-order chi connectivity index (χ1) is 29.7. The number of allylic oxidation sites excluding steroid dienone is 4. The SMILES string of the molecule is NC(=NC(=NCc1ccccc1)c1ccccc1)c1cccc2c1C1=C(CCC(c3cccc4ccccc34)=C1)C21c2ccccc2N(c2ccccc2)c2ccccc21. The Labute approximate surface area is 351 Å². The molecule has 8 aromatic carbocycles. The third-order valence-electron chi connectivity index (χ3n) is 12.5. The van der Waals surface area contributed by atoms with Gasteiger partial charge in [-0.05, 0) is 98.0 Å². The van der Waals surface area contributed by atoms with Gasteiger partial charge in [0.25, 0.3) is 0 Å². The molecule has 0 saturated heterocycles. The first-order valence-electron chi connectivity index (χ1n) is 20.8. The number of fused-ring (bicyclic) bond motifs is 9. The van der Waals surface area contributed by atoms with Crippen LogP contribution in [0.25, 0.3) is 21.9 Å². The summed E-state index contributed by atoms with van der Waals surface area (Å²) in [5.41, 5.74) is 23.4. The maximum Gasteiger partial charge on any atom is 0.157 e. The molecule has 60 heavy (non-hydrogen) atoms. The van der Waals surface area contributed by atoms with E-state index in [1.54, 1.807) is 0 Å². The van der Waals surface area contributed by atoms with Gasteiger partial charge < -0.3 is 10.6 Å². The molecular weight excluding hydrogens is 729 g/mol. The summed E-state index contributed by atoms with van der Waals surface area (Å²) < 4.78 is 0. The molecule has 8 aromatic rings. The maximum absolute atomic E-state index is 7.34. The van der Waals surface area contributed by atoms with Gasteiger partial charge in [0.15, 0.2) is 5.84 Å². The molecule has 0 atom stereocenters. The van der Waals surface area contributed by atoms with Gasteiger partial charge in [0.2, 0.25) is 0 Å². The standard InChI is InChI=1S/C56H42N4/c57-54(59-55(40-21-6-2-7-22-40)58-37-38-18-4-1-5-19-38)45-28-17-31-50-53(45)46-36-41(44-27-16-23-39-20-10-11-26-43(39)44)34-35-47(46)56(50)48-29-12-14-32-51(48)60(42-24-8-3-9-25-42)52-33-15-13-30-49(52)56/h1-33,36H,34-35,37H2,(H2,57,58,59). The highest BCUT2D eigenvalue weighted by Crippen LogP contribution is 2.65. The van der Waals surface area contributed by atoms with Crippen molar-refractivity contribution in [2.24, 2.45) is 15.7 Å². The van der Waals surface area contributed by atoms with Crippen molar-refractivity contribution >= 4 is 50.7 Å². The zero-order chi connectivity index (χ0) is 40.0. The second-order valence-electron chi connectivity index (χ2n) is 15.8. The Hall–Kier alpha value is -7.56. The predicted octanol–water partition coefficient (Wildman–Crippen LogP) is 13.0. The van der Waals surface area contributed by atoms with Crippen LogP contribution in [-0.4, -0.2) is 11.7 Å². The van der Waals surface area contributed by atoms with Crippen LogP contribution in [0.2, 0.25) is 0 Å². The maximum atomic E-state index is 7.34. The molecule has 0 amide bonds. The van der Waals surface area contributed by atoms with E-state index < -0.39 is 5.41 Å². The highest BCUT2D eigenvalue weighted by molar-refractivity contribution is 6.15. The lowest BCUT2D eigenvalue weighted by Crippen LogP contribution is -2.37. The quantitative estimate of drug-likeness (QED) is 0.135. The van der Waals surface area contributed by atoms with Crippen molar-refractivity contribution in [2.45, 2.75) is 24.8 Å². The Morgan fingerprint density at radius 1 is 0.567 bits per heavy atom. The molecule has 0 radical (unpaired) electrons. The summed E-state index contributed by atoms with van der Waals surface area (Å²) in [5.74, 6) is 1.05. The van der Waals surface area contributed by atoms with E-state index in [4.69, 9.17) is 15.7 Å². The second kappa shape index (κ2) is 14.7. The van der Waals surface area contributed by atoms with Gasteiger partial charge in [-0.25, -0.2) is 4.99 Å². The van der Waals surface area contributed by atoms with Crippen LogP contribution < -0.4 is 10.6 Å². The summed E-state index contributed by atoms with van der Waals surface area (Å²) in [6.07, 6.45) is 4.28. The zero-order valence-corrected chi connectivity index (χ0v) is 33.2. The number of hydrogen-bond donors (Lipinski definition) is 1. The number of anilines is 3. The van der Waals surface area contributed by atoms with E-state index in [1.807, 2.05) is 36.4 Å². The molecule has 3 aliphatic rings. The molecule has 11 rings (SSSR count). The Kier molecular flexibility index (Phi) is 8.70. The van der Waals surface area contributed by atoms with Crippen molar-refractivity contribution in [2.75, 3.05) is 4.90 Å². The molecule has 0 saturated carbocycles. The summed E-state index contributed by atoms with van der Waals surface area (Å²) >= 11 is 0. The number of amidine groups is 2. The minimum Gasteiger partial charge on any atom is -0.383 e. The topological polar surface area (TPSA) is 54.0 Å². The third-order valence-corrected chi connectivity index (χ3v) is 12.5. The molecule has 4 nitrogen and oxygen atoms in total. The second-order valence-corrected chi connectivity index (χ2v) is 15.8. The average molecular weight is 771 g/mol. The van der Waals surface area contributed by atoms with Crippen LogP contribution in [-0.2, 0) is 12.0 Å². The van der Waals surface area contributed by atoms with Gasteiger partial charge in [-0.1, -0.05) is 182 Å². The Bertz CT molecular complexity index is 3010. The number of hydrogen-bond acceptors (Lipinski definition) is 2. The zero-order valence-electron chi connectivity index (χ0n) is 33.2. The van der Waals surface area contributed by atoms with E-state index in [0.29, 0.717) is 18.2 Å². The van der Waals surface area contributed by atoms with E-state index in [1.165, 1.54) is 61.1 Å². The number of para-hydroxylation sites is 3. The van der Waals surface area contributed by atoms with Crippen molar-refractivity contribution in [3.8, 4) is 0 Å². The van der Waals surface area contributed by atoms with E-state index in [-0.39, 0.29) is 0 Å². The normalized spacial score (nSPS) is 15.3. The van der Waals surface area contributed by atoms with E-state index >= 15 is 0 Å². The molecule has 1 spiro atoms. The van der Waals surface area contributed by atoms with Crippen LogP contribution >= 0.6 is 0 Å². The lowest BCUT2D eigenvalue weighted by atomic mass is 9.62. The molecule has 0 fully saturated rings. The number of aliphatic imine (C=N–C) groups is 2. The predicted molar refractivity (Wildman–Crippen MR) is 249 cm³/mol. The summed E-state index contributed by atoms with van der Waals surface area (Å²) in [6, 6.07) is 71.3. The summed E-state index contributed by atoms with van der Waals surface area (Å²) in [4.78, 5) is 12.8. The van der Waals surface area contributed by atoms with Gasteiger partial charge in [0.1, 0.15) is 5.84 Å². The summed E-state index contributed by atoms with van der Waals surface area (Å²) in [7, 11) is 0. The van der Waals surface area contributed by atoms with E-state index in [0.717, 1.165) is 40.8 Å². The molecule has 1 aliphatic heterocycles. The van der Waals surface area contributed by atoms with E-state index in [2.05, 4.69) is 175 Å². The molecule has 2 N–H and O–H groups in total. The van der Waals surface area contributed by atoms with Crippen molar-refractivity contribution in [3.63, 3.8) is 0 Å². The summed E-state index contributed by atoms with van der Waals surface area (Å²) in [5, 5.41) is 2.52. The lowest BCUT2D eigenvalue weighted by Gasteiger charge is -2.46. The monoisotopic (exact) mass is 770 g/mol. The molecule has 0 bridgehead atoms. The number of benzene rings is 8. The average Bonchev–Trinajstić information content (AvgIpc) is 3.61. The minimum absolute atomic E-state index is 0.445. The highest BCUT2D eigenvalue weighted by Gasteiger charge is 2.53. The molecule has 0 unspecified atom stereocenters. The largest absolute Gasteiger partial charge is 0.383 e. The van der Waals surface area contributed by atoms with Gasteiger partial charge in [0, 0.05) is 16.8 Å². The molecule has 286 valence electrons. The summed E-state index contributed by atoms with van der Waals surface area (Å²) in [6.45, 7) is 0.496. The Balaban J connectivity index is 1.18.